The van der Waals surface area contributed by atoms with Crippen LogP contribution in [-0.2, 0) is 24.1 Å². The molecule has 2 aromatic heterocycles. The van der Waals surface area contributed by atoms with E-state index in [1.54, 1.807) is 42.0 Å². The van der Waals surface area contributed by atoms with Crippen LogP contribution in [0.2, 0.25) is 0 Å². The summed E-state index contributed by atoms with van der Waals surface area (Å²) in [6, 6.07) is 9.39. The fraction of sp³-hybridized carbons (Fsp3) is 0.182. The van der Waals surface area contributed by atoms with Gasteiger partial charge in [0.1, 0.15) is 24.7 Å². The third-order valence-electron chi connectivity index (χ3n) is 4.83. The van der Waals surface area contributed by atoms with Gasteiger partial charge in [0.25, 0.3) is 0 Å². The third-order valence-corrected chi connectivity index (χ3v) is 4.83. The predicted octanol–water partition coefficient (Wildman–Crippen LogP) is 5.43. The number of carbonyl (C=O) groups is 1. The van der Waals surface area contributed by atoms with Crippen molar-refractivity contribution in [3.8, 4) is 17.2 Å². The second-order valence-corrected chi connectivity index (χ2v) is 7.07. The number of aryl methyl sites for hydroxylation is 1. The van der Waals surface area contributed by atoms with Crippen LogP contribution in [0.4, 0.5) is 17.6 Å². The van der Waals surface area contributed by atoms with E-state index < -0.39 is 23.5 Å². The zero-order valence-electron chi connectivity index (χ0n) is 16.6. The largest absolute Gasteiger partial charge is 0.486 e. The Morgan fingerprint density at radius 2 is 1.97 bits per heavy atom. The molecule has 0 radical (unpaired) electrons. The molecule has 0 saturated heterocycles. The summed E-state index contributed by atoms with van der Waals surface area (Å²) in [7, 11) is 0. The number of nitrogens with zero attached hydrogens (tertiary/aromatic N) is 2. The normalized spacial score (nSPS) is 11.8. The van der Waals surface area contributed by atoms with E-state index in [9.17, 15) is 22.4 Å². The van der Waals surface area contributed by atoms with Crippen molar-refractivity contribution in [3.05, 3.63) is 71.5 Å². The quantitative estimate of drug-likeness (QED) is 0.398. The molecular formula is C22H16F4N2O4. The second kappa shape index (κ2) is 8.03. The summed E-state index contributed by atoms with van der Waals surface area (Å²) < 4.78 is 65.0. The standard InChI is InChI=1S/C22H16F4N2O4/c1-12-19(32-21(27-12)14-2-4-16(17(23)9-14)22(24,25)26)11-31-15-3-5-18-13(8-15)6-7-28(18)10-20(29)30/h2-9H,10-11H2,1H3,(H,29,30). The first-order valence-corrected chi connectivity index (χ1v) is 9.39. The van der Waals surface area contributed by atoms with E-state index >= 15 is 0 Å². The Bertz CT molecular complexity index is 1310. The van der Waals surface area contributed by atoms with E-state index in [1.165, 1.54) is 0 Å². The molecule has 0 bridgehead atoms. The van der Waals surface area contributed by atoms with Crippen molar-refractivity contribution < 1.29 is 36.6 Å². The van der Waals surface area contributed by atoms with Gasteiger partial charge in [-0.3, -0.25) is 4.79 Å². The van der Waals surface area contributed by atoms with E-state index in [2.05, 4.69) is 4.98 Å². The molecule has 0 aliphatic carbocycles. The van der Waals surface area contributed by atoms with Crippen molar-refractivity contribution in [1.29, 1.82) is 0 Å². The summed E-state index contributed by atoms with van der Waals surface area (Å²) >= 11 is 0. The molecule has 0 fully saturated rings. The van der Waals surface area contributed by atoms with Gasteiger partial charge in [0.2, 0.25) is 5.89 Å². The summed E-state index contributed by atoms with van der Waals surface area (Å²) in [5.41, 5.74) is -0.0945. The second-order valence-electron chi connectivity index (χ2n) is 7.07. The zero-order chi connectivity index (χ0) is 23.0. The van der Waals surface area contributed by atoms with Gasteiger partial charge in [-0.1, -0.05) is 0 Å². The average Bonchev–Trinajstić information content (AvgIpc) is 3.28. The lowest BCUT2D eigenvalue weighted by Crippen LogP contribution is -2.07. The Morgan fingerprint density at radius 3 is 2.66 bits per heavy atom. The molecular weight excluding hydrogens is 432 g/mol. The summed E-state index contributed by atoms with van der Waals surface area (Å²) in [4.78, 5) is 15.1. The number of hydrogen-bond acceptors (Lipinski definition) is 4. The minimum Gasteiger partial charge on any atom is -0.486 e. The molecule has 0 aliphatic rings. The van der Waals surface area contributed by atoms with E-state index in [1.807, 2.05) is 0 Å². The number of hydrogen-bond donors (Lipinski definition) is 1. The van der Waals surface area contributed by atoms with Crippen LogP contribution in [0.1, 0.15) is 17.0 Å². The maximum atomic E-state index is 13.9. The number of rotatable bonds is 6. The van der Waals surface area contributed by atoms with E-state index in [-0.39, 0.29) is 24.6 Å². The minimum atomic E-state index is -4.79. The van der Waals surface area contributed by atoms with Crippen molar-refractivity contribution >= 4 is 16.9 Å². The monoisotopic (exact) mass is 448 g/mol. The van der Waals surface area contributed by atoms with Gasteiger partial charge in [0.05, 0.1) is 11.3 Å². The van der Waals surface area contributed by atoms with Gasteiger partial charge in [-0.2, -0.15) is 13.2 Å². The Kier molecular flexibility index (Phi) is 5.37. The summed E-state index contributed by atoms with van der Waals surface area (Å²) in [6.45, 7) is 1.47. The van der Waals surface area contributed by atoms with Crippen LogP contribution in [-0.4, -0.2) is 20.6 Å². The highest BCUT2D eigenvalue weighted by atomic mass is 19.4. The lowest BCUT2D eigenvalue weighted by molar-refractivity contribution is -0.140. The molecule has 10 heteroatoms. The highest BCUT2D eigenvalue weighted by Crippen LogP contribution is 2.34. The van der Waals surface area contributed by atoms with Crippen molar-refractivity contribution in [1.82, 2.24) is 9.55 Å². The van der Waals surface area contributed by atoms with Gasteiger partial charge in [-0.15, -0.1) is 0 Å². The molecule has 0 atom stereocenters. The first-order valence-electron chi connectivity index (χ1n) is 9.39. The molecule has 166 valence electrons. The van der Waals surface area contributed by atoms with Crippen LogP contribution in [0.3, 0.4) is 0 Å². The van der Waals surface area contributed by atoms with Gasteiger partial charge in [0.15, 0.2) is 5.76 Å². The van der Waals surface area contributed by atoms with Gasteiger partial charge in [0, 0.05) is 22.7 Å². The summed E-state index contributed by atoms with van der Waals surface area (Å²) in [6.07, 6.45) is -3.12. The average molecular weight is 448 g/mol. The third kappa shape index (κ3) is 4.29. The number of benzene rings is 2. The predicted molar refractivity (Wildman–Crippen MR) is 106 cm³/mol. The number of aliphatic carboxylic acids is 1. The number of oxazole rings is 1. The number of aromatic nitrogens is 2. The number of halogens is 4. The van der Waals surface area contributed by atoms with Crippen LogP contribution < -0.4 is 4.74 Å². The number of carboxylic acid groups (broad SMARTS) is 1. The van der Waals surface area contributed by atoms with Gasteiger partial charge >= 0.3 is 12.1 Å². The van der Waals surface area contributed by atoms with Crippen LogP contribution >= 0.6 is 0 Å². The van der Waals surface area contributed by atoms with E-state index in [0.29, 0.717) is 23.3 Å². The highest BCUT2D eigenvalue weighted by molar-refractivity contribution is 5.83. The lowest BCUT2D eigenvalue weighted by Gasteiger charge is -2.08. The molecule has 32 heavy (non-hydrogen) atoms. The van der Waals surface area contributed by atoms with Gasteiger partial charge in [-0.25, -0.2) is 9.37 Å². The molecule has 0 spiro atoms. The molecule has 0 amide bonds. The zero-order valence-corrected chi connectivity index (χ0v) is 16.6. The maximum absolute atomic E-state index is 13.9. The SMILES string of the molecule is Cc1nc(-c2ccc(C(F)(F)F)c(F)c2)oc1COc1ccc2c(ccn2CC(=O)O)c1. The first kappa shape index (κ1) is 21.4. The highest BCUT2D eigenvalue weighted by Gasteiger charge is 2.34. The Labute approximate surface area is 178 Å². The van der Waals surface area contributed by atoms with E-state index in [4.69, 9.17) is 14.3 Å². The molecule has 4 rings (SSSR count). The van der Waals surface area contributed by atoms with Crippen LogP contribution in [0.5, 0.6) is 5.75 Å². The Balaban J connectivity index is 1.51. The summed E-state index contributed by atoms with van der Waals surface area (Å²) in [5.74, 6) is -1.54. The lowest BCUT2D eigenvalue weighted by atomic mass is 10.1. The van der Waals surface area contributed by atoms with Crippen LogP contribution in [0.15, 0.2) is 53.1 Å². The Hall–Kier alpha value is -3.82. The van der Waals surface area contributed by atoms with Gasteiger partial charge in [-0.05, 0) is 49.4 Å². The minimum absolute atomic E-state index is 0.0106. The van der Waals surface area contributed by atoms with Gasteiger partial charge < -0.3 is 18.8 Å². The molecule has 0 aliphatic heterocycles. The fourth-order valence-corrected chi connectivity index (χ4v) is 3.26. The topological polar surface area (TPSA) is 77.5 Å². The first-order chi connectivity index (χ1) is 15.1. The smallest absolute Gasteiger partial charge is 0.419 e. The van der Waals surface area contributed by atoms with E-state index in [0.717, 1.165) is 23.0 Å². The summed E-state index contributed by atoms with van der Waals surface area (Å²) in [5, 5.41) is 9.74. The number of carboxylic acids is 1. The number of alkyl halides is 3. The van der Waals surface area contributed by atoms with Crippen molar-refractivity contribution in [2.24, 2.45) is 0 Å². The molecule has 0 unspecified atom stereocenters. The number of fused-ring (bicyclic) bond motifs is 1. The van der Waals surface area contributed by atoms with Crippen LogP contribution in [0.25, 0.3) is 22.4 Å². The maximum Gasteiger partial charge on any atom is 0.419 e. The molecule has 4 aromatic rings. The fourth-order valence-electron chi connectivity index (χ4n) is 3.26. The molecule has 2 aromatic carbocycles. The van der Waals surface area contributed by atoms with Crippen LogP contribution in [0, 0.1) is 12.7 Å². The van der Waals surface area contributed by atoms with Crippen molar-refractivity contribution in [2.45, 2.75) is 26.3 Å². The molecule has 6 nitrogen and oxygen atoms in total. The van der Waals surface area contributed by atoms with Crippen molar-refractivity contribution in [2.75, 3.05) is 0 Å². The Morgan fingerprint density at radius 1 is 1.19 bits per heavy atom. The number of ether oxygens (including phenoxy) is 1. The molecule has 1 N–H and O–H groups in total. The molecule has 2 heterocycles. The molecule has 0 saturated carbocycles. The van der Waals surface area contributed by atoms with Crippen molar-refractivity contribution in [3.63, 3.8) is 0 Å².